The molecule has 1 saturated heterocycles. The third-order valence-corrected chi connectivity index (χ3v) is 5.34. The predicted molar refractivity (Wildman–Crippen MR) is 78.7 cm³/mol. The van der Waals surface area contributed by atoms with Crippen LogP contribution < -0.4 is 10.0 Å². The van der Waals surface area contributed by atoms with Gasteiger partial charge in [0.05, 0.1) is 5.75 Å². The molecule has 1 fully saturated rings. The molecular weight excluding hydrogens is 272 g/mol. The highest BCUT2D eigenvalue weighted by molar-refractivity contribution is 7.89. The average Bonchev–Trinajstić information content (AvgIpc) is 2.29. The fourth-order valence-corrected chi connectivity index (χ4v) is 4.23. The number of nitrogens with one attached hydrogen (secondary N) is 2. The molecule has 1 aliphatic heterocycles. The van der Waals surface area contributed by atoms with E-state index in [0.717, 1.165) is 32.4 Å². The fourth-order valence-electron chi connectivity index (χ4n) is 2.26. The maximum atomic E-state index is 12.0. The van der Waals surface area contributed by atoms with Crippen LogP contribution in [-0.2, 0) is 10.0 Å². The Morgan fingerprint density at radius 3 is 2.44 bits per heavy atom. The fraction of sp³-hybridized carbons (Fsp3) is 1.00. The number of hydrogen-bond donors (Lipinski definition) is 2. The Morgan fingerprint density at radius 1 is 1.33 bits per heavy atom. The lowest BCUT2D eigenvalue weighted by molar-refractivity contribution is 0.326. The number of piperidine rings is 1. The first-order valence-corrected chi connectivity index (χ1v) is 8.34. The van der Waals surface area contributed by atoms with E-state index < -0.39 is 10.0 Å². The van der Waals surface area contributed by atoms with Crippen molar-refractivity contribution in [3.8, 4) is 0 Å². The summed E-state index contributed by atoms with van der Waals surface area (Å²) in [5.41, 5.74) is 0. The molecule has 0 aromatic carbocycles. The second kappa shape index (κ2) is 8.35. The highest BCUT2D eigenvalue weighted by Crippen LogP contribution is 2.15. The molecule has 2 unspecified atom stereocenters. The Bertz CT molecular complexity index is 318. The minimum absolute atomic E-state index is 0. The zero-order valence-corrected chi connectivity index (χ0v) is 13.2. The first-order valence-electron chi connectivity index (χ1n) is 6.69. The van der Waals surface area contributed by atoms with Crippen molar-refractivity contribution in [3.05, 3.63) is 0 Å². The molecule has 1 rings (SSSR count). The van der Waals surface area contributed by atoms with E-state index in [1.165, 1.54) is 0 Å². The van der Waals surface area contributed by atoms with Crippen molar-refractivity contribution in [1.82, 2.24) is 10.0 Å². The molecule has 2 N–H and O–H groups in total. The quantitative estimate of drug-likeness (QED) is 0.785. The molecule has 0 aromatic heterocycles. The second-order valence-electron chi connectivity index (χ2n) is 5.16. The highest BCUT2D eigenvalue weighted by atomic mass is 35.5. The van der Waals surface area contributed by atoms with Gasteiger partial charge in [-0.2, -0.15) is 0 Å². The maximum Gasteiger partial charge on any atom is 0.212 e. The summed E-state index contributed by atoms with van der Waals surface area (Å²) in [6.07, 6.45) is 2.89. The van der Waals surface area contributed by atoms with Crippen LogP contribution in [0.2, 0.25) is 0 Å². The Kier molecular flexibility index (Phi) is 8.43. The minimum Gasteiger partial charge on any atom is -0.315 e. The molecule has 18 heavy (non-hydrogen) atoms. The van der Waals surface area contributed by atoms with Gasteiger partial charge in [0.2, 0.25) is 10.0 Å². The summed E-state index contributed by atoms with van der Waals surface area (Å²) in [7, 11) is -3.13. The number of rotatable bonds is 6. The molecule has 0 aromatic rings. The van der Waals surface area contributed by atoms with Crippen molar-refractivity contribution in [1.29, 1.82) is 0 Å². The number of halogens is 1. The van der Waals surface area contributed by atoms with Gasteiger partial charge in [-0.05, 0) is 24.8 Å². The van der Waals surface area contributed by atoms with E-state index in [2.05, 4.69) is 30.8 Å². The van der Waals surface area contributed by atoms with Crippen LogP contribution in [0.4, 0.5) is 0 Å². The SMILES string of the molecule is CCC(CC)CS(=O)(=O)NC1CNCCC1C.Cl. The minimum atomic E-state index is -3.13. The molecule has 0 aliphatic carbocycles. The molecule has 1 heterocycles. The summed E-state index contributed by atoms with van der Waals surface area (Å²) in [4.78, 5) is 0. The Hall–Kier alpha value is 0.160. The van der Waals surface area contributed by atoms with E-state index in [4.69, 9.17) is 0 Å². The molecule has 2 atom stereocenters. The van der Waals surface area contributed by atoms with Crippen molar-refractivity contribution < 1.29 is 8.42 Å². The van der Waals surface area contributed by atoms with Gasteiger partial charge in [0.15, 0.2) is 0 Å². The van der Waals surface area contributed by atoms with Gasteiger partial charge in [0.1, 0.15) is 0 Å². The summed E-state index contributed by atoms with van der Waals surface area (Å²) in [6, 6.07) is 0.0584. The van der Waals surface area contributed by atoms with Crippen LogP contribution in [-0.4, -0.2) is 33.3 Å². The maximum absolute atomic E-state index is 12.0. The van der Waals surface area contributed by atoms with E-state index >= 15 is 0 Å². The summed E-state index contributed by atoms with van der Waals surface area (Å²) in [6.45, 7) is 7.96. The highest BCUT2D eigenvalue weighted by Gasteiger charge is 2.26. The lowest BCUT2D eigenvalue weighted by Gasteiger charge is -2.30. The van der Waals surface area contributed by atoms with E-state index in [-0.39, 0.29) is 30.1 Å². The molecule has 0 bridgehead atoms. The topological polar surface area (TPSA) is 58.2 Å². The smallest absolute Gasteiger partial charge is 0.212 e. The molecule has 110 valence electrons. The lowest BCUT2D eigenvalue weighted by atomic mass is 9.96. The van der Waals surface area contributed by atoms with Crippen molar-refractivity contribution in [2.45, 2.75) is 46.1 Å². The third kappa shape index (κ3) is 5.87. The van der Waals surface area contributed by atoms with Crippen molar-refractivity contribution in [3.63, 3.8) is 0 Å². The third-order valence-electron chi connectivity index (χ3n) is 3.77. The van der Waals surface area contributed by atoms with E-state index in [9.17, 15) is 8.42 Å². The van der Waals surface area contributed by atoms with E-state index in [0.29, 0.717) is 5.92 Å². The van der Waals surface area contributed by atoms with Crippen LogP contribution in [0.25, 0.3) is 0 Å². The Morgan fingerprint density at radius 2 is 1.94 bits per heavy atom. The van der Waals surface area contributed by atoms with Crippen LogP contribution in [0.3, 0.4) is 0 Å². The van der Waals surface area contributed by atoms with Crippen LogP contribution in [0, 0.1) is 11.8 Å². The van der Waals surface area contributed by atoms with E-state index in [1.807, 2.05) is 0 Å². The summed E-state index contributed by atoms with van der Waals surface area (Å²) in [5, 5.41) is 3.24. The van der Waals surface area contributed by atoms with Crippen LogP contribution >= 0.6 is 12.4 Å². The van der Waals surface area contributed by atoms with Crippen molar-refractivity contribution >= 4 is 22.4 Å². The molecule has 6 heteroatoms. The van der Waals surface area contributed by atoms with Gasteiger partial charge >= 0.3 is 0 Å². The number of sulfonamides is 1. The largest absolute Gasteiger partial charge is 0.315 e. The monoisotopic (exact) mass is 298 g/mol. The lowest BCUT2D eigenvalue weighted by Crippen LogP contribution is -2.51. The zero-order valence-electron chi connectivity index (χ0n) is 11.6. The molecule has 0 amide bonds. The predicted octanol–water partition coefficient (Wildman–Crippen LogP) is 1.76. The second-order valence-corrected chi connectivity index (χ2v) is 6.96. The molecular formula is C12H27ClN2O2S. The van der Waals surface area contributed by atoms with Gasteiger partial charge in [0.25, 0.3) is 0 Å². The Labute approximate surface area is 118 Å². The molecule has 4 nitrogen and oxygen atoms in total. The standard InChI is InChI=1S/C12H26N2O2S.ClH/c1-4-11(5-2)9-17(15,16)14-12-8-13-7-6-10(12)3;/h10-14H,4-9H2,1-3H3;1H. The van der Waals surface area contributed by atoms with Gasteiger partial charge < -0.3 is 5.32 Å². The van der Waals surface area contributed by atoms with Crippen molar-refractivity contribution in [2.24, 2.45) is 11.8 Å². The molecule has 0 spiro atoms. The summed E-state index contributed by atoms with van der Waals surface area (Å²) < 4.78 is 26.9. The van der Waals surface area contributed by atoms with Gasteiger partial charge in [-0.25, -0.2) is 13.1 Å². The van der Waals surface area contributed by atoms with Gasteiger partial charge in [-0.3, -0.25) is 0 Å². The Balaban J connectivity index is 0.00000289. The van der Waals surface area contributed by atoms with Gasteiger partial charge in [0, 0.05) is 12.6 Å². The summed E-state index contributed by atoms with van der Waals surface area (Å²) in [5.74, 6) is 0.968. The van der Waals surface area contributed by atoms with Crippen LogP contribution in [0.1, 0.15) is 40.0 Å². The molecule has 1 aliphatic rings. The first kappa shape index (κ1) is 18.2. The molecule has 0 radical (unpaired) electrons. The van der Waals surface area contributed by atoms with Gasteiger partial charge in [-0.15, -0.1) is 12.4 Å². The average molecular weight is 299 g/mol. The number of hydrogen-bond acceptors (Lipinski definition) is 3. The van der Waals surface area contributed by atoms with Crippen molar-refractivity contribution in [2.75, 3.05) is 18.8 Å². The summed E-state index contributed by atoms with van der Waals surface area (Å²) >= 11 is 0. The molecule has 0 saturated carbocycles. The van der Waals surface area contributed by atoms with E-state index in [1.54, 1.807) is 0 Å². The zero-order chi connectivity index (χ0) is 12.9. The van der Waals surface area contributed by atoms with Gasteiger partial charge in [-0.1, -0.05) is 33.6 Å². The van der Waals surface area contributed by atoms with Crippen LogP contribution in [0.5, 0.6) is 0 Å². The normalized spacial score (nSPS) is 24.9. The first-order chi connectivity index (χ1) is 7.98. The van der Waals surface area contributed by atoms with Crippen LogP contribution in [0.15, 0.2) is 0 Å².